The van der Waals surface area contributed by atoms with Crippen LogP contribution in [0.15, 0.2) is 42.5 Å². The van der Waals surface area contributed by atoms with Gasteiger partial charge < -0.3 is 24.4 Å². The highest BCUT2D eigenvalue weighted by Crippen LogP contribution is 2.60. The minimum atomic E-state index is -2.19. The Balaban J connectivity index is 1.61. The van der Waals surface area contributed by atoms with Crippen molar-refractivity contribution in [1.82, 2.24) is 0 Å². The van der Waals surface area contributed by atoms with Crippen LogP contribution in [0.4, 0.5) is 11.4 Å². The number of amides is 2. The van der Waals surface area contributed by atoms with E-state index in [4.69, 9.17) is 9.47 Å². The number of methoxy groups -OCH3 is 1. The number of aliphatic hydroxyl groups is 1. The maximum atomic E-state index is 14.0. The van der Waals surface area contributed by atoms with Crippen molar-refractivity contribution in [1.29, 1.82) is 0 Å². The third-order valence-corrected chi connectivity index (χ3v) is 13.1. The molecule has 2 fully saturated rings. The normalized spacial score (nSPS) is 27.9. The zero-order valence-electron chi connectivity index (χ0n) is 21.8. The van der Waals surface area contributed by atoms with Gasteiger partial charge in [-0.05, 0) is 48.7 Å². The molecule has 3 heterocycles. The van der Waals surface area contributed by atoms with Gasteiger partial charge in [0.15, 0.2) is 5.60 Å². The molecule has 3 aliphatic heterocycles. The fourth-order valence-electron chi connectivity index (χ4n) is 6.89. The van der Waals surface area contributed by atoms with Crippen LogP contribution in [0.3, 0.4) is 0 Å². The third-order valence-electron chi connectivity index (χ3n) is 8.75. The Labute approximate surface area is 214 Å². The average Bonchev–Trinajstić information content (AvgIpc) is 3.49. The molecule has 192 valence electrons. The standard InChI is InChI=1S/C28H36N2O5Si/c1-18-26(36(4,5)21-11-9-20(34-3)10-12-21)24(14-16-31)35-28(18)22-17-19(30-15-6-7-25(30)32)8-13-23(22)29(2)27(28)33/h8-13,17-18,24,26,31H,6-7,14-16H2,1-5H3/t18-,24+,26-,28+/m0/s1. The molecule has 2 aromatic carbocycles. The summed E-state index contributed by atoms with van der Waals surface area (Å²) in [7, 11) is 1.27. The molecule has 8 heteroatoms. The topological polar surface area (TPSA) is 79.3 Å². The van der Waals surface area contributed by atoms with Gasteiger partial charge in [0.25, 0.3) is 5.91 Å². The molecular formula is C28H36N2O5Si. The minimum Gasteiger partial charge on any atom is -0.497 e. The van der Waals surface area contributed by atoms with E-state index in [-0.39, 0.29) is 36.0 Å². The van der Waals surface area contributed by atoms with E-state index in [1.54, 1.807) is 19.1 Å². The van der Waals surface area contributed by atoms with E-state index in [1.165, 1.54) is 5.19 Å². The number of carbonyl (C=O) groups excluding carboxylic acids is 2. The number of likely N-dealkylation sites (N-methyl/N-ethyl adjacent to an activating group) is 1. The summed E-state index contributed by atoms with van der Waals surface area (Å²) in [6, 6.07) is 14.1. The summed E-state index contributed by atoms with van der Waals surface area (Å²) >= 11 is 0. The molecule has 2 saturated heterocycles. The molecule has 0 unspecified atom stereocenters. The molecule has 0 radical (unpaired) electrons. The van der Waals surface area contributed by atoms with Crippen molar-refractivity contribution in [2.45, 2.75) is 56.5 Å². The first-order valence-corrected chi connectivity index (χ1v) is 15.9. The van der Waals surface area contributed by atoms with Gasteiger partial charge in [-0.2, -0.15) is 0 Å². The molecule has 5 rings (SSSR count). The van der Waals surface area contributed by atoms with E-state index in [2.05, 4.69) is 32.2 Å². The van der Waals surface area contributed by atoms with E-state index < -0.39 is 13.7 Å². The van der Waals surface area contributed by atoms with Crippen molar-refractivity contribution in [2.24, 2.45) is 5.92 Å². The first kappa shape index (κ1) is 25.0. The van der Waals surface area contributed by atoms with Gasteiger partial charge in [0.1, 0.15) is 5.75 Å². The Morgan fingerprint density at radius 3 is 2.50 bits per heavy atom. The molecule has 2 aromatic rings. The minimum absolute atomic E-state index is 0.00370. The number of hydrogen-bond acceptors (Lipinski definition) is 5. The summed E-state index contributed by atoms with van der Waals surface area (Å²) in [6.07, 6.45) is 1.61. The fourth-order valence-corrected chi connectivity index (χ4v) is 11.0. The first-order chi connectivity index (χ1) is 17.2. The predicted molar refractivity (Wildman–Crippen MR) is 143 cm³/mol. The Morgan fingerprint density at radius 2 is 1.89 bits per heavy atom. The number of rotatable bonds is 6. The second kappa shape index (κ2) is 9.01. The summed E-state index contributed by atoms with van der Waals surface area (Å²) in [6.45, 7) is 7.47. The molecule has 0 saturated carbocycles. The van der Waals surface area contributed by atoms with Crippen LogP contribution in [-0.4, -0.2) is 58.4 Å². The molecule has 0 aromatic heterocycles. The summed E-state index contributed by atoms with van der Waals surface area (Å²) < 4.78 is 12.2. The van der Waals surface area contributed by atoms with Crippen LogP contribution < -0.4 is 19.7 Å². The summed E-state index contributed by atoms with van der Waals surface area (Å²) in [4.78, 5) is 30.0. The summed E-state index contributed by atoms with van der Waals surface area (Å²) in [5.41, 5.74) is 1.45. The van der Waals surface area contributed by atoms with Gasteiger partial charge in [-0.3, -0.25) is 9.59 Å². The lowest BCUT2D eigenvalue weighted by atomic mass is 9.82. The second-order valence-corrected chi connectivity index (χ2v) is 15.6. The zero-order chi connectivity index (χ0) is 25.8. The molecule has 0 bridgehead atoms. The smallest absolute Gasteiger partial charge is 0.264 e. The highest BCUT2D eigenvalue weighted by molar-refractivity contribution is 6.91. The predicted octanol–water partition coefficient (Wildman–Crippen LogP) is 3.40. The summed E-state index contributed by atoms with van der Waals surface area (Å²) in [5.74, 6) is 0.748. The number of benzene rings is 2. The number of carbonyl (C=O) groups is 2. The average molecular weight is 509 g/mol. The number of ether oxygens (including phenoxy) is 2. The maximum Gasteiger partial charge on any atom is 0.264 e. The first-order valence-electron chi connectivity index (χ1n) is 12.8. The Hall–Kier alpha value is -2.68. The van der Waals surface area contributed by atoms with Gasteiger partial charge in [0, 0.05) is 43.8 Å². The largest absolute Gasteiger partial charge is 0.497 e. The zero-order valence-corrected chi connectivity index (χ0v) is 22.8. The molecule has 2 amide bonds. The molecule has 36 heavy (non-hydrogen) atoms. The molecule has 0 aliphatic carbocycles. The number of hydrogen-bond donors (Lipinski definition) is 1. The van der Waals surface area contributed by atoms with Crippen molar-refractivity contribution in [2.75, 3.05) is 37.1 Å². The lowest BCUT2D eigenvalue weighted by molar-refractivity contribution is -0.145. The van der Waals surface area contributed by atoms with Crippen LogP contribution in [0.25, 0.3) is 0 Å². The van der Waals surface area contributed by atoms with Gasteiger partial charge in [-0.1, -0.05) is 37.3 Å². The van der Waals surface area contributed by atoms with E-state index in [0.717, 1.165) is 29.1 Å². The maximum absolute atomic E-state index is 14.0. The van der Waals surface area contributed by atoms with E-state index in [1.807, 2.05) is 35.2 Å². The van der Waals surface area contributed by atoms with E-state index >= 15 is 0 Å². The number of aliphatic hydroxyl groups excluding tert-OH is 1. The van der Waals surface area contributed by atoms with Crippen LogP contribution in [0.2, 0.25) is 18.6 Å². The van der Waals surface area contributed by atoms with Crippen molar-refractivity contribution in [3.8, 4) is 5.75 Å². The molecule has 7 nitrogen and oxygen atoms in total. The molecule has 1 spiro atoms. The monoisotopic (exact) mass is 508 g/mol. The van der Waals surface area contributed by atoms with Crippen LogP contribution in [0, 0.1) is 5.92 Å². The Morgan fingerprint density at radius 1 is 1.17 bits per heavy atom. The highest BCUT2D eigenvalue weighted by atomic mass is 28.3. The van der Waals surface area contributed by atoms with Gasteiger partial charge in [0.05, 0.1) is 27.0 Å². The van der Waals surface area contributed by atoms with Gasteiger partial charge in [-0.15, -0.1) is 0 Å². The van der Waals surface area contributed by atoms with Crippen molar-refractivity contribution in [3.05, 3.63) is 48.0 Å². The lowest BCUT2D eigenvalue weighted by Gasteiger charge is -2.37. The molecule has 3 aliphatic rings. The number of fused-ring (bicyclic) bond motifs is 2. The van der Waals surface area contributed by atoms with Gasteiger partial charge >= 0.3 is 0 Å². The number of anilines is 2. The Bertz CT molecular complexity index is 1180. The molecule has 1 N–H and O–H groups in total. The second-order valence-electron chi connectivity index (χ2n) is 10.9. The summed E-state index contributed by atoms with van der Waals surface area (Å²) in [5, 5.41) is 11.2. The van der Waals surface area contributed by atoms with Gasteiger partial charge in [0.2, 0.25) is 5.91 Å². The molecular weight excluding hydrogens is 472 g/mol. The highest BCUT2D eigenvalue weighted by Gasteiger charge is 2.65. The van der Waals surface area contributed by atoms with Crippen LogP contribution in [-0.2, 0) is 19.9 Å². The third kappa shape index (κ3) is 3.53. The Kier molecular flexibility index (Phi) is 6.25. The fraction of sp³-hybridized carbons (Fsp3) is 0.500. The van der Waals surface area contributed by atoms with Crippen molar-refractivity contribution < 1.29 is 24.2 Å². The lowest BCUT2D eigenvalue weighted by Crippen LogP contribution is -2.51. The van der Waals surface area contributed by atoms with Crippen LogP contribution >= 0.6 is 0 Å². The molecule has 4 atom stereocenters. The van der Waals surface area contributed by atoms with Crippen LogP contribution in [0.1, 0.15) is 31.7 Å². The van der Waals surface area contributed by atoms with Gasteiger partial charge in [-0.25, -0.2) is 0 Å². The SMILES string of the molecule is COc1ccc([Si](C)(C)[C@@H]2[C@@H](CCO)O[C@]3(C(=O)N(C)c4ccc(N5CCCC5=O)cc43)[C@H]2C)cc1. The van der Waals surface area contributed by atoms with Crippen LogP contribution in [0.5, 0.6) is 5.75 Å². The van der Waals surface area contributed by atoms with E-state index in [0.29, 0.717) is 19.4 Å². The van der Waals surface area contributed by atoms with Crippen molar-refractivity contribution in [3.63, 3.8) is 0 Å². The van der Waals surface area contributed by atoms with E-state index in [9.17, 15) is 14.7 Å². The quantitative estimate of drug-likeness (QED) is 0.605. The number of nitrogens with zero attached hydrogens (tertiary/aromatic N) is 2. The van der Waals surface area contributed by atoms with Crippen molar-refractivity contribution >= 4 is 36.4 Å².